The third-order valence-electron chi connectivity index (χ3n) is 5.38. The van der Waals surface area contributed by atoms with Crippen LogP contribution in [0.1, 0.15) is 52.1 Å². The van der Waals surface area contributed by atoms with E-state index in [1.807, 2.05) is 30.3 Å². The Morgan fingerprint density at radius 2 is 1.41 bits per heavy atom. The number of ketones is 2. The molecule has 1 fully saturated rings. The van der Waals surface area contributed by atoms with Gasteiger partial charge in [-0.1, -0.05) is 54.6 Å². The molecule has 2 aromatic rings. The van der Waals surface area contributed by atoms with Crippen LogP contribution < -0.4 is 4.72 Å². The van der Waals surface area contributed by atoms with Crippen molar-refractivity contribution in [1.29, 1.82) is 0 Å². The quantitative estimate of drug-likeness (QED) is 0.819. The number of nitrogens with one attached hydrogen (secondary N) is 1. The molecule has 4 rings (SSSR count). The van der Waals surface area contributed by atoms with Crippen LogP contribution in [-0.4, -0.2) is 38.0 Å². The zero-order valence-corrected chi connectivity index (χ0v) is 16.9. The lowest BCUT2D eigenvalue weighted by Crippen LogP contribution is -2.39. The van der Waals surface area contributed by atoms with Crippen molar-refractivity contribution in [2.24, 2.45) is 0 Å². The summed E-state index contributed by atoms with van der Waals surface area (Å²) in [5.41, 5.74) is 1.16. The standard InChI is InChI=1S/C22H22N2O4S/c1-15(16-9-3-2-4-10-16)23-29(27,28)22-19(24-13-7-8-14-24)20(25)17-11-5-6-12-18(17)21(22)26/h2-6,9-12,15,23H,7-8,13-14H2,1H3. The zero-order valence-electron chi connectivity index (χ0n) is 16.1. The Kier molecular flexibility index (Phi) is 5.10. The number of hydrogen-bond acceptors (Lipinski definition) is 5. The molecule has 1 saturated heterocycles. The molecule has 0 saturated carbocycles. The van der Waals surface area contributed by atoms with Gasteiger partial charge in [-0.15, -0.1) is 0 Å². The van der Waals surface area contributed by atoms with Crippen molar-refractivity contribution in [3.8, 4) is 0 Å². The van der Waals surface area contributed by atoms with Crippen LogP contribution in [0.3, 0.4) is 0 Å². The molecule has 2 aliphatic rings. The number of Topliss-reactive ketones (excluding diaryl/α,β-unsaturated/α-hetero) is 2. The number of rotatable bonds is 5. The molecule has 0 spiro atoms. The van der Waals surface area contributed by atoms with Gasteiger partial charge in [0.2, 0.25) is 21.6 Å². The van der Waals surface area contributed by atoms with Gasteiger partial charge in [-0.05, 0) is 25.3 Å². The smallest absolute Gasteiger partial charge is 0.247 e. The number of allylic oxidation sites excluding steroid dienone is 2. The van der Waals surface area contributed by atoms with Gasteiger partial charge in [-0.3, -0.25) is 9.59 Å². The van der Waals surface area contributed by atoms with E-state index in [0.717, 1.165) is 18.4 Å². The molecule has 6 nitrogen and oxygen atoms in total. The Hall–Kier alpha value is -2.77. The van der Waals surface area contributed by atoms with E-state index < -0.39 is 32.5 Å². The van der Waals surface area contributed by atoms with Crippen molar-refractivity contribution in [1.82, 2.24) is 9.62 Å². The molecular weight excluding hydrogens is 388 g/mol. The summed E-state index contributed by atoms with van der Waals surface area (Å²) in [4.78, 5) is 27.8. The molecule has 150 valence electrons. The number of sulfonamides is 1. The average molecular weight is 410 g/mol. The highest BCUT2D eigenvalue weighted by atomic mass is 32.2. The monoisotopic (exact) mass is 410 g/mol. The topological polar surface area (TPSA) is 83.6 Å². The van der Waals surface area contributed by atoms with E-state index in [1.165, 1.54) is 6.07 Å². The van der Waals surface area contributed by atoms with Gasteiger partial charge in [0, 0.05) is 30.3 Å². The molecule has 29 heavy (non-hydrogen) atoms. The van der Waals surface area contributed by atoms with Gasteiger partial charge < -0.3 is 4.90 Å². The van der Waals surface area contributed by atoms with Crippen LogP contribution in [0.25, 0.3) is 0 Å². The van der Waals surface area contributed by atoms with Crippen LogP contribution >= 0.6 is 0 Å². The molecule has 0 radical (unpaired) electrons. The minimum Gasteiger partial charge on any atom is -0.367 e. The first-order chi connectivity index (χ1) is 13.9. The van der Waals surface area contributed by atoms with Crippen molar-refractivity contribution >= 4 is 21.6 Å². The molecule has 1 unspecified atom stereocenters. The van der Waals surface area contributed by atoms with Gasteiger partial charge >= 0.3 is 0 Å². The highest BCUT2D eigenvalue weighted by Gasteiger charge is 2.42. The van der Waals surface area contributed by atoms with Gasteiger partial charge in [0.15, 0.2) is 4.91 Å². The lowest BCUT2D eigenvalue weighted by Gasteiger charge is -2.28. The SMILES string of the molecule is CC(NS(=O)(=O)C1=C(N2CCCC2)C(=O)c2ccccc2C1=O)c1ccccc1. The van der Waals surface area contributed by atoms with E-state index in [1.54, 1.807) is 30.0 Å². The average Bonchev–Trinajstić information content (AvgIpc) is 3.25. The Labute approximate surface area is 170 Å². The van der Waals surface area contributed by atoms with Crippen molar-refractivity contribution in [3.05, 3.63) is 81.9 Å². The largest absolute Gasteiger partial charge is 0.367 e. The van der Waals surface area contributed by atoms with Crippen LogP contribution in [0, 0.1) is 0 Å². The Morgan fingerprint density at radius 3 is 2.03 bits per heavy atom. The second-order valence-corrected chi connectivity index (χ2v) is 8.98. The Bertz CT molecular complexity index is 1100. The summed E-state index contributed by atoms with van der Waals surface area (Å²) in [6.07, 6.45) is 1.71. The van der Waals surface area contributed by atoms with Gasteiger partial charge in [0.05, 0.1) is 0 Å². The molecule has 1 atom stereocenters. The maximum absolute atomic E-state index is 13.3. The molecular formula is C22H22N2O4S. The number of likely N-dealkylation sites (tertiary alicyclic amines) is 1. The summed E-state index contributed by atoms with van der Waals surface area (Å²) in [6.45, 7) is 2.83. The van der Waals surface area contributed by atoms with Gasteiger partial charge in [-0.2, -0.15) is 0 Å². The molecule has 1 heterocycles. The molecule has 7 heteroatoms. The predicted octanol–water partition coefficient (Wildman–Crippen LogP) is 3.05. The van der Waals surface area contributed by atoms with E-state index in [-0.39, 0.29) is 16.8 Å². The predicted molar refractivity (Wildman–Crippen MR) is 110 cm³/mol. The third-order valence-corrected chi connectivity index (χ3v) is 6.96. The van der Waals surface area contributed by atoms with Crippen LogP contribution in [0.5, 0.6) is 0 Å². The van der Waals surface area contributed by atoms with Gasteiger partial charge in [-0.25, -0.2) is 13.1 Å². The normalized spacial score (nSPS) is 18.2. The second kappa shape index (κ2) is 7.57. The summed E-state index contributed by atoms with van der Waals surface area (Å²) in [5, 5.41) is 0. The minimum atomic E-state index is -4.22. The fraction of sp³-hybridized carbons (Fsp3) is 0.273. The Balaban J connectivity index is 1.81. The van der Waals surface area contributed by atoms with Crippen LogP contribution in [0.15, 0.2) is 65.2 Å². The summed E-state index contributed by atoms with van der Waals surface area (Å²) >= 11 is 0. The third kappa shape index (κ3) is 3.52. The fourth-order valence-electron chi connectivity index (χ4n) is 3.92. The zero-order chi connectivity index (χ0) is 20.6. The van der Waals surface area contributed by atoms with E-state index in [0.29, 0.717) is 13.1 Å². The number of carbonyl (C=O) groups is 2. The van der Waals surface area contributed by atoms with E-state index in [4.69, 9.17) is 0 Å². The van der Waals surface area contributed by atoms with Crippen molar-refractivity contribution in [2.45, 2.75) is 25.8 Å². The first-order valence-electron chi connectivity index (χ1n) is 9.65. The number of benzene rings is 2. The van der Waals surface area contributed by atoms with Gasteiger partial charge in [0.25, 0.3) is 0 Å². The molecule has 0 amide bonds. The summed E-state index contributed by atoms with van der Waals surface area (Å²) in [6, 6.07) is 15.0. The van der Waals surface area contributed by atoms with Crippen LogP contribution in [-0.2, 0) is 10.0 Å². The van der Waals surface area contributed by atoms with Crippen molar-refractivity contribution < 1.29 is 18.0 Å². The second-order valence-electron chi connectivity index (χ2n) is 7.33. The molecule has 0 bridgehead atoms. The van der Waals surface area contributed by atoms with Crippen molar-refractivity contribution in [2.75, 3.05) is 13.1 Å². The lowest BCUT2D eigenvalue weighted by molar-refractivity contribution is 0.0952. The van der Waals surface area contributed by atoms with Crippen molar-refractivity contribution in [3.63, 3.8) is 0 Å². The lowest BCUT2D eigenvalue weighted by atomic mass is 9.92. The first kappa shape index (κ1) is 19.5. The highest BCUT2D eigenvalue weighted by Crippen LogP contribution is 2.33. The number of nitrogens with zero attached hydrogens (tertiary/aromatic N) is 1. The minimum absolute atomic E-state index is 0.000961. The van der Waals surface area contributed by atoms with E-state index in [2.05, 4.69) is 4.72 Å². The van der Waals surface area contributed by atoms with Crippen LogP contribution in [0.2, 0.25) is 0 Å². The van der Waals surface area contributed by atoms with Crippen LogP contribution in [0.4, 0.5) is 0 Å². The number of fused-ring (bicyclic) bond motifs is 1. The summed E-state index contributed by atoms with van der Waals surface area (Å²) < 4.78 is 29.3. The number of carbonyl (C=O) groups excluding carboxylic acids is 2. The number of hydrogen-bond donors (Lipinski definition) is 1. The van der Waals surface area contributed by atoms with E-state index in [9.17, 15) is 18.0 Å². The molecule has 1 N–H and O–H groups in total. The summed E-state index contributed by atoms with van der Waals surface area (Å²) in [5.74, 6) is -1.04. The maximum atomic E-state index is 13.3. The van der Waals surface area contributed by atoms with E-state index >= 15 is 0 Å². The maximum Gasteiger partial charge on any atom is 0.247 e. The van der Waals surface area contributed by atoms with Gasteiger partial charge in [0.1, 0.15) is 5.70 Å². The Morgan fingerprint density at radius 1 is 0.862 bits per heavy atom. The summed E-state index contributed by atoms with van der Waals surface area (Å²) in [7, 11) is -4.22. The fourth-order valence-corrected chi connectivity index (χ4v) is 5.47. The first-order valence-corrected chi connectivity index (χ1v) is 11.1. The molecule has 1 aliphatic heterocycles. The highest BCUT2D eigenvalue weighted by molar-refractivity contribution is 7.94. The molecule has 0 aromatic heterocycles. The molecule has 2 aromatic carbocycles. The molecule has 1 aliphatic carbocycles.